The highest BCUT2D eigenvalue weighted by Gasteiger charge is 2.78. The first kappa shape index (κ1) is 28.4. The van der Waals surface area contributed by atoms with Crippen LogP contribution in [0.15, 0.2) is 95.1 Å². The maximum absolute atomic E-state index is 15.6. The van der Waals surface area contributed by atoms with Crippen LogP contribution in [0.5, 0.6) is 5.75 Å². The predicted molar refractivity (Wildman–Crippen MR) is 168 cm³/mol. The Morgan fingerprint density at radius 1 is 1.02 bits per heavy atom. The topological polar surface area (TPSA) is 101 Å². The van der Waals surface area contributed by atoms with Gasteiger partial charge in [-0.05, 0) is 50.2 Å². The maximum Gasteiger partial charge on any atom is 0.338 e. The van der Waals surface area contributed by atoms with Crippen LogP contribution in [0.4, 0.5) is 5.69 Å². The van der Waals surface area contributed by atoms with Gasteiger partial charge in [0, 0.05) is 23.7 Å². The van der Waals surface area contributed by atoms with Crippen molar-refractivity contribution in [3.05, 3.63) is 107 Å². The van der Waals surface area contributed by atoms with Crippen molar-refractivity contribution >= 4 is 40.4 Å². The summed E-state index contributed by atoms with van der Waals surface area (Å²) in [5, 5.41) is 3.55. The van der Waals surface area contributed by atoms with E-state index in [1.165, 1.54) is 11.8 Å². The summed E-state index contributed by atoms with van der Waals surface area (Å²) in [6.07, 6.45) is 0. The molecule has 2 fully saturated rings. The van der Waals surface area contributed by atoms with Crippen LogP contribution < -0.4 is 10.1 Å². The van der Waals surface area contributed by atoms with Gasteiger partial charge < -0.3 is 14.8 Å². The summed E-state index contributed by atoms with van der Waals surface area (Å²) in [5.74, 6) is -0.771. The third-order valence-corrected chi connectivity index (χ3v) is 10.8. The van der Waals surface area contributed by atoms with Gasteiger partial charge in [-0.25, -0.2) is 9.79 Å². The Morgan fingerprint density at radius 3 is 2.43 bits per heavy atom. The molecule has 2 saturated heterocycles. The first-order chi connectivity index (χ1) is 21.3. The van der Waals surface area contributed by atoms with Crippen LogP contribution in [0.25, 0.3) is 0 Å². The monoisotopic (exact) mass is 608 g/mol. The fraction of sp³-hybridized carbons (Fsp3) is 0.294. The van der Waals surface area contributed by atoms with E-state index in [0.717, 1.165) is 16.7 Å². The minimum atomic E-state index is -1.36. The van der Waals surface area contributed by atoms with E-state index in [2.05, 4.69) is 5.32 Å². The van der Waals surface area contributed by atoms with Gasteiger partial charge in [-0.2, -0.15) is 0 Å². The third kappa shape index (κ3) is 3.64. The van der Waals surface area contributed by atoms with Gasteiger partial charge >= 0.3 is 5.97 Å². The number of amidine groups is 1. The summed E-state index contributed by atoms with van der Waals surface area (Å²) in [7, 11) is 3.52. The highest BCUT2D eigenvalue weighted by molar-refractivity contribution is 8.16. The lowest BCUT2D eigenvalue weighted by atomic mass is 9.71. The van der Waals surface area contributed by atoms with Crippen LogP contribution in [0.3, 0.4) is 0 Å². The standard InChI is InChI=1S/C34H32N4O5S/c1-5-43-29(39)27-20(2)35-32-38(28(27)22-11-7-6-8-12-22)31(41)34(44-32)25(21-15-17-23(42-4)18-16-21)19-37(3)33(34)24-13-9-10-14-26(24)36-30(33)40/h6-18,25,28H,5,19H2,1-4H3,(H,36,40)/t25-,28-,33+,34-/m1/s1. The van der Waals surface area contributed by atoms with Crippen LogP contribution >= 0.6 is 11.8 Å². The quantitative estimate of drug-likeness (QED) is 0.414. The van der Waals surface area contributed by atoms with Gasteiger partial charge in [0.1, 0.15) is 10.5 Å². The van der Waals surface area contributed by atoms with Crippen LogP contribution in [-0.4, -0.2) is 64.8 Å². The van der Waals surface area contributed by atoms with Crippen molar-refractivity contribution in [2.24, 2.45) is 4.99 Å². The Hall–Kier alpha value is -4.41. The highest BCUT2D eigenvalue weighted by Crippen LogP contribution is 2.67. The summed E-state index contributed by atoms with van der Waals surface area (Å²) in [6, 6.07) is 23.9. The van der Waals surface area contributed by atoms with Crippen molar-refractivity contribution in [3.8, 4) is 5.75 Å². The number of nitrogens with zero attached hydrogens (tertiary/aromatic N) is 3. The molecule has 0 bridgehead atoms. The number of carbonyl (C=O) groups excluding carboxylic acids is 3. The molecule has 2 amide bonds. The molecule has 0 unspecified atom stereocenters. The number of hydrogen-bond donors (Lipinski definition) is 1. The van der Waals surface area contributed by atoms with Gasteiger partial charge in [0.2, 0.25) is 5.91 Å². The molecule has 44 heavy (non-hydrogen) atoms. The molecule has 4 aliphatic heterocycles. The molecule has 1 N–H and O–H groups in total. The number of likely N-dealkylation sites (tertiary alicyclic amines) is 1. The first-order valence-electron chi connectivity index (χ1n) is 14.6. The van der Waals surface area contributed by atoms with E-state index in [0.29, 0.717) is 34.4 Å². The van der Waals surface area contributed by atoms with E-state index < -0.39 is 28.2 Å². The summed E-state index contributed by atoms with van der Waals surface area (Å²) in [5.41, 5.74) is 2.53. The third-order valence-electron chi connectivity index (χ3n) is 9.26. The Bertz CT molecular complexity index is 1760. The molecule has 4 aliphatic rings. The van der Waals surface area contributed by atoms with Gasteiger partial charge in [-0.1, -0.05) is 72.4 Å². The second kappa shape index (κ2) is 10.3. The highest BCUT2D eigenvalue weighted by atomic mass is 32.2. The number of carbonyl (C=O) groups is 3. The molecule has 2 spiro atoms. The number of benzene rings is 3. The van der Waals surface area contributed by atoms with Crippen molar-refractivity contribution in [1.29, 1.82) is 0 Å². The zero-order valence-corrected chi connectivity index (χ0v) is 25.7. The van der Waals surface area contributed by atoms with Crippen molar-refractivity contribution in [1.82, 2.24) is 9.80 Å². The van der Waals surface area contributed by atoms with Gasteiger partial charge in [0.05, 0.1) is 31.0 Å². The number of thioether (sulfide) groups is 1. The van der Waals surface area contributed by atoms with E-state index >= 15 is 4.79 Å². The second-order valence-corrected chi connectivity index (χ2v) is 12.6. The molecule has 4 atom stereocenters. The number of nitrogens with one attached hydrogen (secondary N) is 1. The van der Waals surface area contributed by atoms with Crippen LogP contribution in [-0.2, 0) is 24.7 Å². The van der Waals surface area contributed by atoms with Crippen molar-refractivity contribution in [2.75, 3.05) is 32.6 Å². The van der Waals surface area contributed by atoms with Crippen LogP contribution in [0.1, 0.15) is 42.5 Å². The van der Waals surface area contributed by atoms with Gasteiger partial charge in [-0.15, -0.1) is 0 Å². The largest absolute Gasteiger partial charge is 0.497 e. The van der Waals surface area contributed by atoms with Crippen molar-refractivity contribution in [2.45, 2.75) is 36.1 Å². The van der Waals surface area contributed by atoms with Crippen molar-refractivity contribution in [3.63, 3.8) is 0 Å². The Kier molecular flexibility index (Phi) is 6.67. The number of ether oxygens (including phenoxy) is 2. The molecular formula is C34H32N4O5S. The van der Waals surface area contributed by atoms with E-state index in [1.807, 2.05) is 90.8 Å². The summed E-state index contributed by atoms with van der Waals surface area (Å²) < 4.78 is 9.57. The fourth-order valence-corrected chi connectivity index (χ4v) is 9.25. The summed E-state index contributed by atoms with van der Waals surface area (Å²) in [4.78, 5) is 52.0. The lowest BCUT2D eigenvalue weighted by molar-refractivity contribution is -0.141. The number of amides is 2. The minimum absolute atomic E-state index is 0.185. The molecule has 4 heterocycles. The average Bonchev–Trinajstić information content (AvgIpc) is 3.60. The van der Waals surface area contributed by atoms with E-state index in [1.54, 1.807) is 25.9 Å². The number of anilines is 1. The Balaban J connectivity index is 1.49. The number of esters is 1. The Labute approximate surface area is 259 Å². The zero-order chi connectivity index (χ0) is 30.8. The molecule has 224 valence electrons. The molecule has 0 radical (unpaired) electrons. The fourth-order valence-electron chi connectivity index (χ4n) is 7.45. The predicted octanol–water partition coefficient (Wildman–Crippen LogP) is 4.83. The average molecular weight is 609 g/mol. The number of allylic oxidation sites excluding steroid dienone is 1. The minimum Gasteiger partial charge on any atom is -0.497 e. The zero-order valence-electron chi connectivity index (χ0n) is 24.9. The SMILES string of the molecule is CCOC(=O)C1=C(C)N=C2S[C@@]3(C(=O)N2[C@@H]1c1ccccc1)[C@@H](c1ccc(OC)cc1)CN(C)[C@@]31C(=O)Nc2ccccc21. The summed E-state index contributed by atoms with van der Waals surface area (Å²) in [6.45, 7) is 4.14. The second-order valence-electron chi connectivity index (χ2n) is 11.4. The van der Waals surface area contributed by atoms with Gasteiger partial charge in [0.15, 0.2) is 10.7 Å². The number of fused-ring (bicyclic) bond motifs is 4. The molecule has 0 saturated carbocycles. The number of likely N-dealkylation sites (N-methyl/N-ethyl adjacent to an activating group) is 1. The van der Waals surface area contributed by atoms with E-state index in [-0.39, 0.29) is 18.4 Å². The number of hydrogen-bond acceptors (Lipinski definition) is 8. The summed E-state index contributed by atoms with van der Waals surface area (Å²) >= 11 is 1.33. The van der Waals surface area contributed by atoms with Gasteiger partial charge in [0.25, 0.3) is 5.91 Å². The lowest BCUT2D eigenvalue weighted by Crippen LogP contribution is -2.62. The number of para-hydroxylation sites is 1. The number of rotatable bonds is 5. The number of aliphatic imine (C=N–C) groups is 1. The molecular weight excluding hydrogens is 576 g/mol. The lowest BCUT2D eigenvalue weighted by Gasteiger charge is -2.42. The maximum atomic E-state index is 15.6. The molecule has 9 nitrogen and oxygen atoms in total. The van der Waals surface area contributed by atoms with Gasteiger partial charge in [-0.3, -0.25) is 19.4 Å². The number of methoxy groups -OCH3 is 1. The first-order valence-corrected chi connectivity index (χ1v) is 15.4. The molecule has 3 aromatic rings. The van der Waals surface area contributed by atoms with E-state index in [4.69, 9.17) is 14.5 Å². The Morgan fingerprint density at radius 2 is 1.73 bits per heavy atom. The van der Waals surface area contributed by atoms with Crippen LogP contribution in [0.2, 0.25) is 0 Å². The van der Waals surface area contributed by atoms with Crippen molar-refractivity contribution < 1.29 is 23.9 Å². The molecule has 3 aromatic carbocycles. The molecule has 7 rings (SSSR count). The van der Waals surface area contributed by atoms with Crippen LogP contribution in [0, 0.1) is 0 Å². The normalized spacial score (nSPS) is 27.5. The molecule has 0 aromatic heterocycles. The molecule has 10 heteroatoms. The molecule has 0 aliphatic carbocycles. The smallest absolute Gasteiger partial charge is 0.338 e. The van der Waals surface area contributed by atoms with E-state index in [9.17, 15) is 9.59 Å².